The van der Waals surface area contributed by atoms with Crippen LogP contribution in [0.25, 0.3) is 0 Å². The van der Waals surface area contributed by atoms with Gasteiger partial charge >= 0.3 is 11.9 Å². The lowest BCUT2D eigenvalue weighted by Crippen LogP contribution is -2.46. The lowest BCUT2D eigenvalue weighted by atomic mass is 10.4. The Hall–Kier alpha value is -1.10. The largest absolute Gasteiger partial charge is 0.477 e. The van der Waals surface area contributed by atoms with Gasteiger partial charge in [-0.25, -0.2) is 4.79 Å². The van der Waals surface area contributed by atoms with Gasteiger partial charge in [-0.1, -0.05) is 6.92 Å². The topological polar surface area (TPSA) is 63.6 Å². The van der Waals surface area contributed by atoms with Crippen molar-refractivity contribution in [3.8, 4) is 0 Å². The van der Waals surface area contributed by atoms with Crippen LogP contribution >= 0.6 is 0 Å². The van der Waals surface area contributed by atoms with Crippen molar-refractivity contribution < 1.29 is 23.9 Å². The van der Waals surface area contributed by atoms with E-state index in [2.05, 4.69) is 0 Å². The summed E-state index contributed by atoms with van der Waals surface area (Å²) in [6.45, 7) is 2.54. The molecule has 14 heavy (non-hydrogen) atoms. The van der Waals surface area contributed by atoms with Gasteiger partial charge in [0.05, 0.1) is 14.1 Å². The lowest BCUT2D eigenvalue weighted by Gasteiger charge is -2.27. The van der Waals surface area contributed by atoms with Crippen molar-refractivity contribution in [2.75, 3.05) is 33.8 Å². The lowest BCUT2D eigenvalue weighted by molar-refractivity contribution is -0.883. The first-order valence-corrected chi connectivity index (χ1v) is 4.57. The van der Waals surface area contributed by atoms with Crippen LogP contribution in [0, 0.1) is 0 Å². The van der Waals surface area contributed by atoms with Crippen molar-refractivity contribution in [3.63, 3.8) is 0 Å². The van der Waals surface area contributed by atoms with Gasteiger partial charge in [-0.05, 0) is 0 Å². The molecule has 0 rings (SSSR count). The summed E-state index contributed by atoms with van der Waals surface area (Å²) in [5, 5.41) is 8.58. The van der Waals surface area contributed by atoms with Gasteiger partial charge in [0.1, 0.15) is 13.2 Å². The van der Waals surface area contributed by atoms with Crippen LogP contribution in [0.4, 0.5) is 0 Å². The monoisotopic (exact) mass is 204 g/mol. The molecule has 0 spiro atoms. The first-order valence-electron chi connectivity index (χ1n) is 4.57. The van der Waals surface area contributed by atoms with E-state index in [1.807, 2.05) is 0 Å². The summed E-state index contributed by atoms with van der Waals surface area (Å²) in [6, 6.07) is 0. The van der Waals surface area contributed by atoms with E-state index in [0.717, 1.165) is 0 Å². The highest BCUT2D eigenvalue weighted by Crippen LogP contribution is 1.96. The minimum absolute atomic E-state index is 0.0314. The summed E-state index contributed by atoms with van der Waals surface area (Å²) in [4.78, 5) is 21.2. The molecule has 0 amide bonds. The average Bonchev–Trinajstić information content (AvgIpc) is 2.01. The predicted molar refractivity (Wildman–Crippen MR) is 50.7 cm³/mol. The molecular formula is C9H18NO4+. The minimum Gasteiger partial charge on any atom is -0.477 e. The first-order chi connectivity index (χ1) is 6.37. The van der Waals surface area contributed by atoms with E-state index >= 15 is 0 Å². The van der Waals surface area contributed by atoms with E-state index in [-0.39, 0.29) is 19.1 Å². The number of hydrogen-bond acceptors (Lipinski definition) is 3. The third kappa shape index (κ3) is 6.42. The maximum absolute atomic E-state index is 10.8. The molecule has 0 bridgehead atoms. The minimum atomic E-state index is -0.850. The van der Waals surface area contributed by atoms with Crippen LogP contribution in [0.2, 0.25) is 0 Å². The summed E-state index contributed by atoms with van der Waals surface area (Å²) in [7, 11) is 3.57. The summed E-state index contributed by atoms with van der Waals surface area (Å²) >= 11 is 0. The third-order valence-electron chi connectivity index (χ3n) is 1.81. The van der Waals surface area contributed by atoms with Crippen molar-refractivity contribution in [1.29, 1.82) is 0 Å². The second-order valence-corrected chi connectivity index (χ2v) is 3.79. The fourth-order valence-corrected chi connectivity index (χ4v) is 0.954. The second-order valence-electron chi connectivity index (χ2n) is 3.79. The van der Waals surface area contributed by atoms with E-state index in [9.17, 15) is 9.59 Å². The molecule has 0 aromatic heterocycles. The van der Waals surface area contributed by atoms with Crippen molar-refractivity contribution >= 4 is 11.9 Å². The Morgan fingerprint density at radius 2 is 1.93 bits per heavy atom. The Labute approximate surface area is 83.9 Å². The molecule has 0 saturated carbocycles. The number of ether oxygens (including phenoxy) is 1. The molecule has 0 aromatic rings. The normalized spacial score (nSPS) is 11.1. The van der Waals surface area contributed by atoms with Crippen LogP contribution in [0.3, 0.4) is 0 Å². The molecule has 0 unspecified atom stereocenters. The Kier molecular flexibility index (Phi) is 5.15. The number of quaternary nitrogens is 1. The van der Waals surface area contributed by atoms with E-state index in [4.69, 9.17) is 9.84 Å². The molecule has 0 aliphatic carbocycles. The highest BCUT2D eigenvalue weighted by Gasteiger charge is 2.19. The van der Waals surface area contributed by atoms with E-state index < -0.39 is 5.97 Å². The number of carboxylic acids is 1. The molecule has 0 aromatic carbocycles. The van der Waals surface area contributed by atoms with Crippen molar-refractivity contribution in [3.05, 3.63) is 0 Å². The summed E-state index contributed by atoms with van der Waals surface area (Å²) < 4.78 is 5.17. The quantitative estimate of drug-likeness (QED) is 0.492. The Morgan fingerprint density at radius 3 is 2.36 bits per heavy atom. The Morgan fingerprint density at radius 1 is 1.36 bits per heavy atom. The smallest absolute Gasteiger partial charge is 0.359 e. The number of nitrogens with zero attached hydrogens (tertiary/aromatic N) is 1. The van der Waals surface area contributed by atoms with Crippen molar-refractivity contribution in [2.45, 2.75) is 13.3 Å². The average molecular weight is 204 g/mol. The number of likely N-dealkylation sites (N-methyl/N-ethyl adjacent to an activating group) is 1. The summed E-state index contributed by atoms with van der Waals surface area (Å²) in [5.74, 6) is -1.10. The maximum atomic E-state index is 10.8. The predicted octanol–water partition coefficient (Wildman–Crippen LogP) is 0.101. The molecule has 0 heterocycles. The zero-order valence-corrected chi connectivity index (χ0v) is 8.95. The van der Waals surface area contributed by atoms with E-state index in [0.29, 0.717) is 17.4 Å². The van der Waals surface area contributed by atoms with E-state index in [1.54, 1.807) is 21.0 Å². The molecule has 0 radical (unpaired) electrons. The van der Waals surface area contributed by atoms with Gasteiger partial charge in [0.25, 0.3) is 0 Å². The fourth-order valence-electron chi connectivity index (χ4n) is 0.954. The van der Waals surface area contributed by atoms with Crippen LogP contribution in [0.5, 0.6) is 0 Å². The third-order valence-corrected chi connectivity index (χ3v) is 1.81. The van der Waals surface area contributed by atoms with Gasteiger partial charge in [0, 0.05) is 6.42 Å². The van der Waals surface area contributed by atoms with Gasteiger partial charge in [-0.15, -0.1) is 0 Å². The van der Waals surface area contributed by atoms with Crippen LogP contribution in [0.1, 0.15) is 13.3 Å². The number of carboxylic acid groups (broad SMARTS) is 1. The first kappa shape index (κ1) is 12.9. The number of carbonyl (C=O) groups is 2. The highest BCUT2D eigenvalue weighted by molar-refractivity contribution is 5.69. The summed E-state index contributed by atoms with van der Waals surface area (Å²) in [5.41, 5.74) is 0. The molecule has 0 saturated heterocycles. The van der Waals surface area contributed by atoms with Gasteiger partial charge in [-0.3, -0.25) is 4.79 Å². The molecule has 82 valence electrons. The van der Waals surface area contributed by atoms with Gasteiger partial charge in [-0.2, -0.15) is 0 Å². The van der Waals surface area contributed by atoms with Gasteiger partial charge < -0.3 is 14.3 Å². The molecular weight excluding hydrogens is 186 g/mol. The molecule has 1 N–H and O–H groups in total. The number of hydrogen-bond donors (Lipinski definition) is 1. The van der Waals surface area contributed by atoms with Crippen LogP contribution in [-0.4, -0.2) is 55.3 Å². The van der Waals surface area contributed by atoms with Crippen LogP contribution < -0.4 is 0 Å². The Balaban J connectivity index is 3.76. The zero-order valence-electron chi connectivity index (χ0n) is 8.95. The van der Waals surface area contributed by atoms with E-state index in [1.165, 1.54) is 0 Å². The van der Waals surface area contributed by atoms with Crippen LogP contribution in [-0.2, 0) is 14.3 Å². The van der Waals surface area contributed by atoms with Crippen molar-refractivity contribution in [1.82, 2.24) is 0 Å². The molecule has 0 atom stereocenters. The second kappa shape index (κ2) is 5.59. The van der Waals surface area contributed by atoms with Gasteiger partial charge in [0.15, 0.2) is 6.54 Å². The molecule has 0 aliphatic rings. The molecule has 0 fully saturated rings. The molecule has 5 heteroatoms. The summed E-state index contributed by atoms with van der Waals surface area (Å²) in [6.07, 6.45) is 0.354. The maximum Gasteiger partial charge on any atom is 0.359 e. The van der Waals surface area contributed by atoms with Crippen LogP contribution in [0.15, 0.2) is 0 Å². The zero-order chi connectivity index (χ0) is 11.2. The number of rotatable bonds is 6. The highest BCUT2D eigenvalue weighted by atomic mass is 16.5. The molecule has 0 aliphatic heterocycles. The fraction of sp³-hybridized carbons (Fsp3) is 0.778. The Bertz CT molecular complexity index is 213. The standard InChI is InChI=1S/C9H17NO4/c1-4-9(13)14-6-5-10(2,3)7-8(11)12/h4-7H2,1-3H3/p+1. The number of aliphatic carboxylic acids is 1. The van der Waals surface area contributed by atoms with Crippen molar-refractivity contribution in [2.24, 2.45) is 0 Å². The van der Waals surface area contributed by atoms with Gasteiger partial charge in [0.2, 0.25) is 0 Å². The number of carbonyl (C=O) groups excluding carboxylic acids is 1. The SMILES string of the molecule is CCC(=O)OCC[N+](C)(C)CC(=O)O. The molecule has 5 nitrogen and oxygen atoms in total. The number of esters is 1.